The predicted molar refractivity (Wildman–Crippen MR) is 71.4 cm³/mol. The molecule has 0 aliphatic carbocycles. The summed E-state index contributed by atoms with van der Waals surface area (Å²) in [5.74, 6) is -0.748. The van der Waals surface area contributed by atoms with Gasteiger partial charge < -0.3 is 15.3 Å². The number of carbonyl (C=O) groups is 1. The van der Waals surface area contributed by atoms with E-state index in [0.717, 1.165) is 32.5 Å². The summed E-state index contributed by atoms with van der Waals surface area (Å²) < 4.78 is 0. The molecule has 0 aliphatic heterocycles. The summed E-state index contributed by atoms with van der Waals surface area (Å²) in [6.45, 7) is 11.9. The number of nitrogens with one attached hydrogen (secondary N) is 1. The third kappa shape index (κ3) is 6.03. The zero-order valence-corrected chi connectivity index (χ0v) is 11.8. The quantitative estimate of drug-likeness (QED) is 0.577. The van der Waals surface area contributed by atoms with Crippen molar-refractivity contribution in [3.63, 3.8) is 0 Å². The molecule has 0 aromatic carbocycles. The van der Waals surface area contributed by atoms with Crippen molar-refractivity contribution in [3.05, 3.63) is 0 Å². The van der Waals surface area contributed by atoms with Crippen LogP contribution in [0.1, 0.15) is 47.0 Å². The van der Waals surface area contributed by atoms with E-state index in [1.807, 2.05) is 6.92 Å². The number of carboxylic acid groups (broad SMARTS) is 1. The van der Waals surface area contributed by atoms with Gasteiger partial charge in [-0.15, -0.1) is 0 Å². The Kier molecular flexibility index (Phi) is 8.17. The molecule has 0 aliphatic rings. The second kappa shape index (κ2) is 8.48. The van der Waals surface area contributed by atoms with Crippen LogP contribution in [0, 0.1) is 0 Å². The molecule has 4 nitrogen and oxygen atoms in total. The van der Waals surface area contributed by atoms with Gasteiger partial charge in [-0.25, -0.2) is 0 Å². The highest BCUT2D eigenvalue weighted by molar-refractivity contribution is 5.78. The third-order valence-electron chi connectivity index (χ3n) is 3.33. The van der Waals surface area contributed by atoms with Crippen molar-refractivity contribution in [1.82, 2.24) is 10.2 Å². The molecule has 0 heterocycles. The van der Waals surface area contributed by atoms with Gasteiger partial charge >= 0.3 is 5.97 Å². The lowest BCUT2D eigenvalue weighted by atomic mass is 9.95. The standard InChI is InChI=1S/C13H28N2O2/c1-5-14-13(4,12(16)17)10-8-9-11-15(6-2)7-3/h14H,5-11H2,1-4H3,(H,16,17). The van der Waals surface area contributed by atoms with E-state index in [0.29, 0.717) is 13.0 Å². The van der Waals surface area contributed by atoms with Crippen LogP contribution in [0.2, 0.25) is 0 Å². The lowest BCUT2D eigenvalue weighted by Gasteiger charge is -2.26. The van der Waals surface area contributed by atoms with E-state index in [-0.39, 0.29) is 0 Å². The second-order valence-electron chi connectivity index (χ2n) is 4.65. The molecular formula is C13H28N2O2. The predicted octanol–water partition coefficient (Wildman–Crippen LogP) is 1.95. The van der Waals surface area contributed by atoms with Crippen LogP contribution < -0.4 is 5.32 Å². The molecule has 0 amide bonds. The molecule has 0 spiro atoms. The highest BCUT2D eigenvalue weighted by atomic mass is 16.4. The number of unbranched alkanes of at least 4 members (excludes halogenated alkanes) is 1. The molecule has 0 bridgehead atoms. The first kappa shape index (κ1) is 16.4. The van der Waals surface area contributed by atoms with E-state index in [4.69, 9.17) is 0 Å². The normalized spacial score (nSPS) is 14.9. The molecule has 1 atom stereocenters. The summed E-state index contributed by atoms with van der Waals surface area (Å²) >= 11 is 0. The third-order valence-corrected chi connectivity index (χ3v) is 3.33. The fourth-order valence-corrected chi connectivity index (χ4v) is 2.01. The van der Waals surface area contributed by atoms with Gasteiger partial charge in [0.25, 0.3) is 0 Å². The minimum absolute atomic E-state index is 0.692. The highest BCUT2D eigenvalue weighted by Gasteiger charge is 2.30. The Bertz CT molecular complexity index is 217. The van der Waals surface area contributed by atoms with E-state index in [1.54, 1.807) is 6.92 Å². The summed E-state index contributed by atoms with van der Waals surface area (Å²) in [5, 5.41) is 12.3. The van der Waals surface area contributed by atoms with Gasteiger partial charge in [0.15, 0.2) is 0 Å². The van der Waals surface area contributed by atoms with Crippen LogP contribution in [-0.2, 0) is 4.79 Å². The Morgan fingerprint density at radius 3 is 2.24 bits per heavy atom. The Balaban J connectivity index is 3.95. The topological polar surface area (TPSA) is 52.6 Å². The van der Waals surface area contributed by atoms with E-state index in [1.165, 1.54) is 0 Å². The molecule has 0 rings (SSSR count). The van der Waals surface area contributed by atoms with Crippen molar-refractivity contribution in [2.24, 2.45) is 0 Å². The molecule has 4 heteroatoms. The van der Waals surface area contributed by atoms with Gasteiger partial charge in [0.05, 0.1) is 0 Å². The summed E-state index contributed by atoms with van der Waals surface area (Å²) in [7, 11) is 0. The number of likely N-dealkylation sites (N-methyl/N-ethyl adjacent to an activating group) is 1. The monoisotopic (exact) mass is 244 g/mol. The van der Waals surface area contributed by atoms with Gasteiger partial charge in [-0.05, 0) is 52.4 Å². The summed E-state index contributed by atoms with van der Waals surface area (Å²) in [4.78, 5) is 13.5. The maximum atomic E-state index is 11.2. The molecule has 2 N–H and O–H groups in total. The van der Waals surface area contributed by atoms with Crippen LogP contribution >= 0.6 is 0 Å². The first-order valence-electron chi connectivity index (χ1n) is 6.70. The van der Waals surface area contributed by atoms with Gasteiger partial charge in [0.2, 0.25) is 0 Å². The van der Waals surface area contributed by atoms with Crippen molar-refractivity contribution >= 4 is 5.97 Å². The molecule has 0 radical (unpaired) electrons. The van der Waals surface area contributed by atoms with E-state index >= 15 is 0 Å². The average Bonchev–Trinajstić information content (AvgIpc) is 2.29. The molecule has 1 unspecified atom stereocenters. The zero-order valence-electron chi connectivity index (χ0n) is 11.8. The summed E-state index contributed by atoms with van der Waals surface area (Å²) in [5.41, 5.74) is -0.766. The number of carboxylic acids is 1. The number of nitrogens with zero attached hydrogens (tertiary/aromatic N) is 1. The first-order valence-corrected chi connectivity index (χ1v) is 6.70. The van der Waals surface area contributed by atoms with Crippen LogP contribution in [0.3, 0.4) is 0 Å². The second-order valence-corrected chi connectivity index (χ2v) is 4.65. The minimum Gasteiger partial charge on any atom is -0.480 e. The summed E-state index contributed by atoms with van der Waals surface area (Å²) in [6.07, 6.45) is 2.71. The molecule has 102 valence electrons. The molecule has 0 aromatic rings. The van der Waals surface area contributed by atoms with Gasteiger partial charge in [-0.2, -0.15) is 0 Å². The van der Waals surface area contributed by atoms with Crippen molar-refractivity contribution in [3.8, 4) is 0 Å². The summed E-state index contributed by atoms with van der Waals surface area (Å²) in [6, 6.07) is 0. The van der Waals surface area contributed by atoms with Crippen molar-refractivity contribution in [2.75, 3.05) is 26.2 Å². The average molecular weight is 244 g/mol. The van der Waals surface area contributed by atoms with Crippen LogP contribution in [0.25, 0.3) is 0 Å². The van der Waals surface area contributed by atoms with Gasteiger partial charge in [0, 0.05) is 0 Å². The zero-order chi connectivity index (χ0) is 13.3. The van der Waals surface area contributed by atoms with Crippen LogP contribution in [-0.4, -0.2) is 47.7 Å². The van der Waals surface area contributed by atoms with Crippen LogP contribution in [0.15, 0.2) is 0 Å². The Morgan fingerprint density at radius 1 is 1.24 bits per heavy atom. The number of aliphatic carboxylic acids is 1. The maximum Gasteiger partial charge on any atom is 0.323 e. The Morgan fingerprint density at radius 2 is 1.82 bits per heavy atom. The molecule has 0 saturated heterocycles. The van der Waals surface area contributed by atoms with Gasteiger partial charge in [0.1, 0.15) is 5.54 Å². The number of rotatable bonds is 10. The minimum atomic E-state index is -0.766. The van der Waals surface area contributed by atoms with Crippen LogP contribution in [0.5, 0.6) is 0 Å². The maximum absolute atomic E-state index is 11.2. The van der Waals surface area contributed by atoms with Gasteiger partial charge in [-0.1, -0.05) is 20.8 Å². The lowest BCUT2D eigenvalue weighted by Crippen LogP contribution is -2.49. The largest absolute Gasteiger partial charge is 0.480 e. The first-order chi connectivity index (χ1) is 8.00. The fraction of sp³-hybridized carbons (Fsp3) is 0.923. The van der Waals surface area contributed by atoms with Crippen molar-refractivity contribution in [2.45, 2.75) is 52.5 Å². The molecular weight excluding hydrogens is 216 g/mol. The smallest absolute Gasteiger partial charge is 0.323 e. The number of hydrogen-bond donors (Lipinski definition) is 2. The SMILES string of the molecule is CCNC(C)(CCCCN(CC)CC)C(=O)O. The highest BCUT2D eigenvalue weighted by Crippen LogP contribution is 2.14. The number of hydrogen-bond acceptors (Lipinski definition) is 3. The fourth-order valence-electron chi connectivity index (χ4n) is 2.01. The van der Waals surface area contributed by atoms with Crippen molar-refractivity contribution < 1.29 is 9.90 Å². The van der Waals surface area contributed by atoms with E-state index in [9.17, 15) is 9.90 Å². The van der Waals surface area contributed by atoms with Crippen molar-refractivity contribution in [1.29, 1.82) is 0 Å². The van der Waals surface area contributed by atoms with Gasteiger partial charge in [-0.3, -0.25) is 4.79 Å². The van der Waals surface area contributed by atoms with E-state index < -0.39 is 11.5 Å². The Hall–Kier alpha value is -0.610. The molecule has 0 fully saturated rings. The molecule has 17 heavy (non-hydrogen) atoms. The Labute approximate surface area is 105 Å². The van der Waals surface area contributed by atoms with E-state index in [2.05, 4.69) is 24.1 Å². The molecule has 0 saturated carbocycles. The lowest BCUT2D eigenvalue weighted by molar-refractivity contribution is -0.144. The van der Waals surface area contributed by atoms with Crippen LogP contribution in [0.4, 0.5) is 0 Å². The molecule has 0 aromatic heterocycles.